The highest BCUT2D eigenvalue weighted by molar-refractivity contribution is 5.78. The maximum absolute atomic E-state index is 12.2. The van der Waals surface area contributed by atoms with Crippen LogP contribution in [0, 0.1) is 5.92 Å². The molecular weight excluding hydrogens is 324 g/mol. The van der Waals surface area contributed by atoms with Crippen molar-refractivity contribution >= 4 is 11.9 Å². The molecule has 1 amide bonds. The van der Waals surface area contributed by atoms with Crippen LogP contribution < -0.4 is 5.32 Å². The number of hydrogen-bond donors (Lipinski definition) is 2. The number of carboxylic acid groups (broad SMARTS) is 1. The average Bonchev–Trinajstić information content (AvgIpc) is 3.09. The summed E-state index contributed by atoms with van der Waals surface area (Å²) in [5.74, 6) is -1.16. The summed E-state index contributed by atoms with van der Waals surface area (Å²) in [4.78, 5) is 23.5. The summed E-state index contributed by atoms with van der Waals surface area (Å²) in [6.45, 7) is 0.583. The maximum atomic E-state index is 12.2. The lowest BCUT2D eigenvalue weighted by Gasteiger charge is -2.29. The number of benzene rings is 1. The molecule has 0 spiro atoms. The van der Waals surface area contributed by atoms with E-state index in [4.69, 9.17) is 4.74 Å². The van der Waals surface area contributed by atoms with Gasteiger partial charge in [0.1, 0.15) is 18.1 Å². The van der Waals surface area contributed by atoms with E-state index in [9.17, 15) is 14.7 Å². The fourth-order valence-corrected chi connectivity index (χ4v) is 2.89. The smallest absolute Gasteiger partial charge is 0.310 e. The third-order valence-electron chi connectivity index (χ3n) is 4.25. The molecule has 2 N–H and O–H groups in total. The fraction of sp³-hybridized carbons (Fsp3) is 0.412. The Bertz CT molecular complexity index is 731. The Balaban J connectivity index is 1.58. The molecule has 1 aromatic heterocycles. The summed E-state index contributed by atoms with van der Waals surface area (Å²) in [7, 11) is 0. The first kappa shape index (κ1) is 17.1. The van der Waals surface area contributed by atoms with Gasteiger partial charge in [-0.3, -0.25) is 14.2 Å². The quantitative estimate of drug-likeness (QED) is 0.803. The van der Waals surface area contributed by atoms with Gasteiger partial charge >= 0.3 is 5.97 Å². The number of nitrogens with one attached hydrogen (secondary N) is 1. The van der Waals surface area contributed by atoms with Crippen LogP contribution in [-0.2, 0) is 20.7 Å². The third-order valence-corrected chi connectivity index (χ3v) is 4.25. The van der Waals surface area contributed by atoms with Crippen molar-refractivity contribution in [3.8, 4) is 5.69 Å². The van der Waals surface area contributed by atoms with Crippen LogP contribution in [-0.4, -0.2) is 51.0 Å². The van der Waals surface area contributed by atoms with Crippen LogP contribution in [0.25, 0.3) is 5.69 Å². The Kier molecular flexibility index (Phi) is 5.39. The van der Waals surface area contributed by atoms with E-state index >= 15 is 0 Å². The molecule has 1 fully saturated rings. The van der Waals surface area contributed by atoms with Crippen molar-refractivity contribution in [1.82, 2.24) is 20.1 Å². The van der Waals surface area contributed by atoms with E-state index in [-0.39, 0.29) is 18.9 Å². The van der Waals surface area contributed by atoms with Gasteiger partial charge in [0.25, 0.3) is 0 Å². The minimum absolute atomic E-state index is 0.128. The van der Waals surface area contributed by atoms with E-state index < -0.39 is 17.9 Å². The Hall–Kier alpha value is -2.74. The molecule has 8 heteroatoms. The van der Waals surface area contributed by atoms with Crippen molar-refractivity contribution in [2.24, 2.45) is 5.92 Å². The highest BCUT2D eigenvalue weighted by Gasteiger charge is 2.32. The lowest BCUT2D eigenvalue weighted by Crippen LogP contribution is -2.48. The molecule has 0 aliphatic carbocycles. The third kappa shape index (κ3) is 4.21. The number of aromatic nitrogens is 3. The number of aliphatic carboxylic acids is 1. The second-order valence-electron chi connectivity index (χ2n) is 5.94. The van der Waals surface area contributed by atoms with Crippen molar-refractivity contribution in [3.05, 3.63) is 42.5 Å². The molecule has 0 unspecified atom stereocenters. The molecule has 1 aromatic carbocycles. The van der Waals surface area contributed by atoms with E-state index in [1.807, 2.05) is 34.9 Å². The van der Waals surface area contributed by atoms with E-state index in [0.29, 0.717) is 25.3 Å². The van der Waals surface area contributed by atoms with Crippen LogP contribution >= 0.6 is 0 Å². The van der Waals surface area contributed by atoms with Gasteiger partial charge in [-0.15, -0.1) is 10.2 Å². The molecule has 25 heavy (non-hydrogen) atoms. The standard InChI is InChI=1S/C17H20N4O4/c22-16(19-14-8-9-25-10-13(14)17(23)24)7-6-15-20-18-11-21(15)12-4-2-1-3-5-12/h1-5,11,13-14H,6-10H2,(H,19,22)(H,23,24)/t13-,14+/m1/s1. The van der Waals surface area contributed by atoms with Crippen molar-refractivity contribution in [3.63, 3.8) is 0 Å². The van der Waals surface area contributed by atoms with Gasteiger partial charge in [-0.05, 0) is 18.6 Å². The number of hydrogen-bond acceptors (Lipinski definition) is 5. The van der Waals surface area contributed by atoms with Gasteiger partial charge in [0.2, 0.25) is 5.91 Å². The van der Waals surface area contributed by atoms with E-state index in [2.05, 4.69) is 15.5 Å². The van der Waals surface area contributed by atoms with Crippen molar-refractivity contribution in [1.29, 1.82) is 0 Å². The van der Waals surface area contributed by atoms with Crippen molar-refractivity contribution < 1.29 is 19.4 Å². The molecule has 0 bridgehead atoms. The predicted octanol–water partition coefficient (Wildman–Crippen LogP) is 0.806. The second-order valence-corrected chi connectivity index (χ2v) is 5.94. The topological polar surface area (TPSA) is 106 Å². The van der Waals surface area contributed by atoms with Gasteiger partial charge in [-0.25, -0.2) is 0 Å². The number of carbonyl (C=O) groups excluding carboxylic acids is 1. The molecule has 2 aromatic rings. The molecule has 1 aliphatic rings. The zero-order valence-corrected chi connectivity index (χ0v) is 13.7. The summed E-state index contributed by atoms with van der Waals surface area (Å²) in [5.41, 5.74) is 0.929. The molecule has 3 rings (SSSR count). The average molecular weight is 344 g/mol. The molecule has 2 atom stereocenters. The molecule has 1 aliphatic heterocycles. The maximum Gasteiger partial charge on any atom is 0.310 e. The first-order valence-corrected chi connectivity index (χ1v) is 8.19. The summed E-state index contributed by atoms with van der Waals surface area (Å²) in [6.07, 6.45) is 2.75. The Morgan fingerprint density at radius 1 is 1.32 bits per heavy atom. The summed E-state index contributed by atoms with van der Waals surface area (Å²) in [6, 6.07) is 9.24. The Labute approximate surface area is 144 Å². The summed E-state index contributed by atoms with van der Waals surface area (Å²) < 4.78 is 7.02. The lowest BCUT2D eigenvalue weighted by atomic mass is 9.95. The second kappa shape index (κ2) is 7.89. The first-order chi connectivity index (χ1) is 12.1. The normalized spacial score (nSPS) is 20.2. The van der Waals surface area contributed by atoms with E-state index in [1.54, 1.807) is 6.33 Å². The lowest BCUT2D eigenvalue weighted by molar-refractivity contribution is -0.148. The predicted molar refractivity (Wildman–Crippen MR) is 88.2 cm³/mol. The van der Waals surface area contributed by atoms with Crippen LogP contribution in [0.2, 0.25) is 0 Å². The van der Waals surface area contributed by atoms with Crippen LogP contribution in [0.1, 0.15) is 18.7 Å². The number of rotatable bonds is 6. The zero-order chi connectivity index (χ0) is 17.6. The number of nitrogens with zero attached hydrogens (tertiary/aromatic N) is 3. The van der Waals surface area contributed by atoms with Crippen LogP contribution in [0.15, 0.2) is 36.7 Å². The highest BCUT2D eigenvalue weighted by Crippen LogP contribution is 2.16. The van der Waals surface area contributed by atoms with Gasteiger partial charge in [-0.2, -0.15) is 0 Å². The number of ether oxygens (including phenoxy) is 1. The van der Waals surface area contributed by atoms with Crippen molar-refractivity contribution in [2.75, 3.05) is 13.2 Å². The zero-order valence-electron chi connectivity index (χ0n) is 13.7. The largest absolute Gasteiger partial charge is 0.481 e. The van der Waals surface area contributed by atoms with Gasteiger partial charge in [0, 0.05) is 31.2 Å². The monoisotopic (exact) mass is 344 g/mol. The number of aryl methyl sites for hydroxylation is 1. The molecule has 1 saturated heterocycles. The molecule has 2 heterocycles. The molecule has 0 radical (unpaired) electrons. The number of para-hydroxylation sites is 1. The minimum Gasteiger partial charge on any atom is -0.481 e. The number of carbonyl (C=O) groups is 2. The minimum atomic E-state index is -0.950. The molecular formula is C17H20N4O4. The van der Waals surface area contributed by atoms with Crippen LogP contribution in [0.3, 0.4) is 0 Å². The Morgan fingerprint density at radius 2 is 2.12 bits per heavy atom. The summed E-state index contributed by atoms with van der Waals surface area (Å²) >= 11 is 0. The Morgan fingerprint density at radius 3 is 2.88 bits per heavy atom. The SMILES string of the molecule is O=C(CCc1nncn1-c1ccccc1)N[C@H]1CCOC[C@H]1C(=O)O. The molecule has 132 valence electrons. The van der Waals surface area contributed by atoms with Gasteiger partial charge in [0.05, 0.1) is 6.61 Å². The van der Waals surface area contributed by atoms with E-state index in [0.717, 1.165) is 5.69 Å². The molecule has 8 nitrogen and oxygen atoms in total. The number of carboxylic acids is 1. The number of amides is 1. The van der Waals surface area contributed by atoms with Crippen molar-refractivity contribution in [2.45, 2.75) is 25.3 Å². The fourth-order valence-electron chi connectivity index (χ4n) is 2.89. The van der Waals surface area contributed by atoms with Gasteiger partial charge in [-0.1, -0.05) is 18.2 Å². The van der Waals surface area contributed by atoms with Gasteiger partial charge < -0.3 is 15.2 Å². The van der Waals surface area contributed by atoms with Crippen LogP contribution in [0.4, 0.5) is 0 Å². The first-order valence-electron chi connectivity index (χ1n) is 8.19. The van der Waals surface area contributed by atoms with E-state index in [1.165, 1.54) is 0 Å². The molecule has 0 saturated carbocycles. The summed E-state index contributed by atoms with van der Waals surface area (Å²) in [5, 5.41) is 20.0. The highest BCUT2D eigenvalue weighted by atomic mass is 16.5. The van der Waals surface area contributed by atoms with Crippen LogP contribution in [0.5, 0.6) is 0 Å². The van der Waals surface area contributed by atoms with Gasteiger partial charge in [0.15, 0.2) is 0 Å².